The van der Waals surface area contributed by atoms with Crippen molar-refractivity contribution < 1.29 is 4.79 Å². The third-order valence-corrected chi connectivity index (χ3v) is 4.19. The van der Waals surface area contributed by atoms with Gasteiger partial charge in [-0.25, -0.2) is 4.99 Å². The maximum Gasteiger partial charge on any atom is 0.241 e. The number of hydrogen-bond donors (Lipinski definition) is 2. The fourth-order valence-corrected chi connectivity index (χ4v) is 2.64. The smallest absolute Gasteiger partial charge is 0.241 e. The number of aliphatic imine (C=N–C) groups is 1. The summed E-state index contributed by atoms with van der Waals surface area (Å²) >= 11 is 0. The summed E-state index contributed by atoms with van der Waals surface area (Å²) in [5.41, 5.74) is 3.41. The largest absolute Gasteiger partial charge is 0.356 e. The Bertz CT molecular complexity index is 751. The first-order valence-corrected chi connectivity index (χ1v) is 9.27. The number of likely N-dealkylation sites (N-methyl/N-ethyl adjacent to an activating group) is 1. The zero-order valence-electron chi connectivity index (χ0n) is 16.7. The Morgan fingerprint density at radius 2 is 1.96 bits per heavy atom. The maximum absolute atomic E-state index is 11.9. The van der Waals surface area contributed by atoms with Crippen molar-refractivity contribution in [3.63, 3.8) is 0 Å². The summed E-state index contributed by atoms with van der Waals surface area (Å²) in [5.74, 6) is 0.634. The fraction of sp³-hybridized carbons (Fsp3) is 0.450. The van der Waals surface area contributed by atoms with Gasteiger partial charge in [-0.3, -0.25) is 9.48 Å². The maximum atomic E-state index is 11.9. The van der Waals surface area contributed by atoms with E-state index in [1.807, 2.05) is 36.1 Å². The first kappa shape index (κ1) is 20.5. The standard InChI is InChI=1S/C20H30N6O/c1-5-18-17(15-26(4)24-18)13-22-20(23-14-19(27)25(2)3)21-12-11-16-9-7-6-8-10-16/h6-10,15H,5,11-14H2,1-4H3,(H2,21,22,23). The highest BCUT2D eigenvalue weighted by molar-refractivity contribution is 5.86. The van der Waals surface area contributed by atoms with Gasteiger partial charge in [0.25, 0.3) is 0 Å². The summed E-state index contributed by atoms with van der Waals surface area (Å²) in [6.45, 7) is 3.55. The summed E-state index contributed by atoms with van der Waals surface area (Å²) in [7, 11) is 5.40. The molecule has 1 aromatic heterocycles. The minimum atomic E-state index is 0.00295. The van der Waals surface area contributed by atoms with Gasteiger partial charge in [-0.1, -0.05) is 37.3 Å². The van der Waals surface area contributed by atoms with Gasteiger partial charge >= 0.3 is 0 Å². The van der Waals surface area contributed by atoms with E-state index in [0.717, 1.165) is 30.6 Å². The normalized spacial score (nSPS) is 11.3. The molecule has 0 aliphatic carbocycles. The second-order valence-electron chi connectivity index (χ2n) is 6.60. The van der Waals surface area contributed by atoms with Crippen molar-refractivity contribution in [1.82, 2.24) is 25.3 Å². The average Bonchev–Trinajstić information content (AvgIpc) is 3.03. The quantitative estimate of drug-likeness (QED) is 0.543. The van der Waals surface area contributed by atoms with Crippen LogP contribution in [0.3, 0.4) is 0 Å². The minimum Gasteiger partial charge on any atom is -0.356 e. The number of benzene rings is 1. The molecule has 0 atom stereocenters. The van der Waals surface area contributed by atoms with Crippen LogP contribution in [-0.4, -0.2) is 53.7 Å². The molecule has 1 aromatic carbocycles. The number of nitrogens with zero attached hydrogens (tertiary/aromatic N) is 4. The lowest BCUT2D eigenvalue weighted by molar-refractivity contribution is -0.127. The van der Waals surface area contributed by atoms with E-state index in [-0.39, 0.29) is 12.5 Å². The van der Waals surface area contributed by atoms with Gasteiger partial charge in [-0.05, 0) is 18.4 Å². The molecular formula is C20H30N6O. The van der Waals surface area contributed by atoms with Gasteiger partial charge in [0.15, 0.2) is 5.96 Å². The van der Waals surface area contributed by atoms with E-state index >= 15 is 0 Å². The molecule has 27 heavy (non-hydrogen) atoms. The Morgan fingerprint density at radius 1 is 1.22 bits per heavy atom. The average molecular weight is 371 g/mol. The highest BCUT2D eigenvalue weighted by Crippen LogP contribution is 2.08. The van der Waals surface area contributed by atoms with Crippen molar-refractivity contribution in [3.05, 3.63) is 53.3 Å². The molecule has 2 rings (SSSR count). The Labute approximate surface area is 161 Å². The molecule has 146 valence electrons. The molecule has 1 heterocycles. The highest BCUT2D eigenvalue weighted by atomic mass is 16.2. The SMILES string of the molecule is CCc1nn(C)cc1CN=C(NCCc1ccccc1)NCC(=O)N(C)C. The molecule has 1 amide bonds. The lowest BCUT2D eigenvalue weighted by Gasteiger charge is -2.15. The molecule has 0 aliphatic rings. The molecule has 0 bridgehead atoms. The van der Waals surface area contributed by atoms with E-state index in [4.69, 9.17) is 0 Å². The number of nitrogens with one attached hydrogen (secondary N) is 2. The number of carbonyl (C=O) groups excluding carboxylic acids is 1. The van der Waals surface area contributed by atoms with Crippen molar-refractivity contribution in [2.24, 2.45) is 12.0 Å². The van der Waals surface area contributed by atoms with E-state index in [1.54, 1.807) is 19.0 Å². The lowest BCUT2D eigenvalue weighted by atomic mass is 10.1. The van der Waals surface area contributed by atoms with Gasteiger partial charge in [0.1, 0.15) is 0 Å². The summed E-state index contributed by atoms with van der Waals surface area (Å²) < 4.78 is 1.81. The van der Waals surface area contributed by atoms with Crippen LogP contribution in [0.15, 0.2) is 41.5 Å². The topological polar surface area (TPSA) is 74.5 Å². The number of rotatable bonds is 8. The van der Waals surface area contributed by atoms with Crippen molar-refractivity contribution in [2.75, 3.05) is 27.2 Å². The van der Waals surface area contributed by atoms with Crippen molar-refractivity contribution in [1.29, 1.82) is 0 Å². The van der Waals surface area contributed by atoms with Crippen LogP contribution in [0.1, 0.15) is 23.7 Å². The number of guanidine groups is 1. The van der Waals surface area contributed by atoms with Crippen molar-refractivity contribution in [3.8, 4) is 0 Å². The highest BCUT2D eigenvalue weighted by Gasteiger charge is 2.08. The van der Waals surface area contributed by atoms with E-state index in [0.29, 0.717) is 12.5 Å². The molecule has 2 N–H and O–H groups in total. The van der Waals surface area contributed by atoms with Crippen LogP contribution in [0.2, 0.25) is 0 Å². The predicted molar refractivity (Wildman–Crippen MR) is 109 cm³/mol. The van der Waals surface area contributed by atoms with E-state index in [9.17, 15) is 4.79 Å². The summed E-state index contributed by atoms with van der Waals surface area (Å²) in [6.07, 6.45) is 3.75. The first-order chi connectivity index (χ1) is 13.0. The third kappa shape index (κ3) is 6.77. The van der Waals surface area contributed by atoms with Gasteiger partial charge in [0, 0.05) is 39.4 Å². The Hall–Kier alpha value is -2.83. The molecule has 0 saturated heterocycles. The molecule has 0 unspecified atom stereocenters. The van der Waals surface area contributed by atoms with E-state index in [2.05, 4.69) is 39.8 Å². The van der Waals surface area contributed by atoms with Crippen LogP contribution in [-0.2, 0) is 31.2 Å². The minimum absolute atomic E-state index is 0.00295. The van der Waals surface area contributed by atoms with E-state index in [1.165, 1.54) is 5.56 Å². The van der Waals surface area contributed by atoms with Gasteiger partial charge in [-0.15, -0.1) is 0 Å². The molecule has 0 spiro atoms. The number of hydrogen-bond acceptors (Lipinski definition) is 3. The summed E-state index contributed by atoms with van der Waals surface area (Å²) in [4.78, 5) is 18.1. The number of amides is 1. The Morgan fingerprint density at radius 3 is 2.63 bits per heavy atom. The zero-order valence-corrected chi connectivity index (χ0v) is 16.7. The number of aromatic nitrogens is 2. The molecule has 0 saturated carbocycles. The monoisotopic (exact) mass is 370 g/mol. The number of carbonyl (C=O) groups is 1. The van der Waals surface area contributed by atoms with Gasteiger partial charge in [-0.2, -0.15) is 5.10 Å². The molecule has 0 fully saturated rings. The second-order valence-corrected chi connectivity index (χ2v) is 6.60. The van der Waals surface area contributed by atoms with Crippen LogP contribution < -0.4 is 10.6 Å². The van der Waals surface area contributed by atoms with Crippen LogP contribution >= 0.6 is 0 Å². The van der Waals surface area contributed by atoms with Crippen LogP contribution in [0.5, 0.6) is 0 Å². The first-order valence-electron chi connectivity index (χ1n) is 9.27. The molecular weight excluding hydrogens is 340 g/mol. The molecule has 0 aliphatic heterocycles. The summed E-state index contributed by atoms with van der Waals surface area (Å²) in [5, 5.41) is 10.9. The molecule has 7 heteroatoms. The van der Waals surface area contributed by atoms with Gasteiger partial charge < -0.3 is 15.5 Å². The fourth-order valence-electron chi connectivity index (χ4n) is 2.64. The Balaban J connectivity index is 1.99. The van der Waals surface area contributed by atoms with Crippen LogP contribution in [0.4, 0.5) is 0 Å². The predicted octanol–water partition coefficient (Wildman–Crippen LogP) is 1.35. The van der Waals surface area contributed by atoms with Crippen molar-refractivity contribution >= 4 is 11.9 Å². The Kier molecular flexibility index (Phi) is 7.85. The second kappa shape index (κ2) is 10.4. The molecule has 0 radical (unpaired) electrons. The van der Waals surface area contributed by atoms with E-state index < -0.39 is 0 Å². The van der Waals surface area contributed by atoms with Crippen molar-refractivity contribution in [2.45, 2.75) is 26.3 Å². The molecule has 2 aromatic rings. The summed E-state index contributed by atoms with van der Waals surface area (Å²) in [6, 6.07) is 10.3. The van der Waals surface area contributed by atoms with Gasteiger partial charge in [0.05, 0.1) is 18.8 Å². The van der Waals surface area contributed by atoms with Crippen LogP contribution in [0, 0.1) is 0 Å². The third-order valence-electron chi connectivity index (χ3n) is 4.19. The molecule has 7 nitrogen and oxygen atoms in total. The number of aryl methyl sites for hydroxylation is 2. The lowest BCUT2D eigenvalue weighted by Crippen LogP contribution is -2.43. The van der Waals surface area contributed by atoms with Crippen LogP contribution in [0.25, 0.3) is 0 Å². The zero-order chi connectivity index (χ0) is 19.6. The van der Waals surface area contributed by atoms with Gasteiger partial charge in [0.2, 0.25) is 5.91 Å².